The first kappa shape index (κ1) is 24.0. The van der Waals surface area contributed by atoms with Crippen LogP contribution in [0.15, 0.2) is 60.0 Å². The van der Waals surface area contributed by atoms with E-state index in [2.05, 4.69) is 5.32 Å². The number of nitrogens with one attached hydrogen (secondary N) is 1. The van der Waals surface area contributed by atoms with Crippen LogP contribution in [0.4, 0.5) is 14.9 Å². The highest BCUT2D eigenvalue weighted by Gasteiger charge is 2.35. The second-order valence-corrected chi connectivity index (χ2v) is 9.70. The fraction of sp³-hybridized carbons (Fsp3) is 0.333. The Morgan fingerprint density at radius 3 is 2.44 bits per heavy atom. The molecule has 1 fully saturated rings. The minimum absolute atomic E-state index is 0.0103. The first-order chi connectivity index (χ1) is 16.4. The van der Waals surface area contributed by atoms with Crippen LogP contribution >= 0.6 is 11.3 Å². The van der Waals surface area contributed by atoms with Crippen LogP contribution in [-0.2, 0) is 24.3 Å². The van der Waals surface area contributed by atoms with Gasteiger partial charge in [0, 0.05) is 23.2 Å². The van der Waals surface area contributed by atoms with Crippen LogP contribution in [0, 0.1) is 12.7 Å². The number of para-hydroxylation sites is 1. The van der Waals surface area contributed by atoms with Gasteiger partial charge in [-0.05, 0) is 72.5 Å². The minimum Gasteiger partial charge on any atom is -0.332 e. The number of nitrogens with zero attached hydrogens (tertiary/aromatic N) is 2. The van der Waals surface area contributed by atoms with Gasteiger partial charge >= 0.3 is 6.03 Å². The lowest BCUT2D eigenvalue weighted by Gasteiger charge is -2.28. The van der Waals surface area contributed by atoms with E-state index >= 15 is 0 Å². The Bertz CT molecular complexity index is 1140. The van der Waals surface area contributed by atoms with E-state index in [0.717, 1.165) is 46.5 Å². The van der Waals surface area contributed by atoms with Crippen LogP contribution in [0.5, 0.6) is 0 Å². The van der Waals surface area contributed by atoms with Crippen molar-refractivity contribution in [3.05, 3.63) is 87.4 Å². The summed E-state index contributed by atoms with van der Waals surface area (Å²) in [6, 6.07) is 15.8. The summed E-state index contributed by atoms with van der Waals surface area (Å²) in [7, 11) is 0. The summed E-state index contributed by atoms with van der Waals surface area (Å²) >= 11 is 1.61. The topological polar surface area (TPSA) is 52.7 Å². The van der Waals surface area contributed by atoms with E-state index < -0.39 is 0 Å². The van der Waals surface area contributed by atoms with Crippen molar-refractivity contribution in [3.63, 3.8) is 0 Å². The third kappa shape index (κ3) is 6.03. The van der Waals surface area contributed by atoms with Crippen molar-refractivity contribution < 1.29 is 14.0 Å². The van der Waals surface area contributed by atoms with Gasteiger partial charge in [-0.15, -0.1) is 11.3 Å². The van der Waals surface area contributed by atoms with E-state index in [1.54, 1.807) is 33.3 Å². The highest BCUT2D eigenvalue weighted by Crippen LogP contribution is 2.28. The van der Waals surface area contributed by atoms with Gasteiger partial charge in [-0.1, -0.05) is 37.3 Å². The second-order valence-electron chi connectivity index (χ2n) is 8.70. The zero-order valence-corrected chi connectivity index (χ0v) is 20.4. The number of halogens is 1. The lowest BCUT2D eigenvalue weighted by atomic mass is 10.1. The number of hydrogen-bond acceptors (Lipinski definition) is 3. The normalized spacial score (nSPS) is 12.9. The van der Waals surface area contributed by atoms with Gasteiger partial charge in [-0.2, -0.15) is 0 Å². The molecular weight excluding hydrogens is 449 g/mol. The predicted octanol–water partition coefficient (Wildman–Crippen LogP) is 5.98. The number of thiophene rings is 1. The molecule has 178 valence electrons. The Balaban J connectivity index is 1.51. The average Bonchev–Trinajstić information content (AvgIpc) is 3.60. The molecule has 1 N–H and O–H groups in total. The van der Waals surface area contributed by atoms with Crippen LogP contribution in [0.2, 0.25) is 0 Å². The van der Waals surface area contributed by atoms with Gasteiger partial charge in [-0.25, -0.2) is 9.18 Å². The molecule has 4 rings (SSSR count). The summed E-state index contributed by atoms with van der Waals surface area (Å²) in [6.07, 6.45) is 2.61. The molecular formula is C27H30FN3O2S. The van der Waals surface area contributed by atoms with E-state index in [-0.39, 0.29) is 30.3 Å². The predicted molar refractivity (Wildman–Crippen MR) is 134 cm³/mol. The van der Waals surface area contributed by atoms with Crippen molar-refractivity contribution in [1.29, 1.82) is 0 Å². The van der Waals surface area contributed by atoms with Gasteiger partial charge in [0.1, 0.15) is 12.4 Å². The molecule has 1 aliphatic carbocycles. The summed E-state index contributed by atoms with van der Waals surface area (Å²) in [4.78, 5) is 31.2. The number of amides is 3. The van der Waals surface area contributed by atoms with Crippen LogP contribution in [-0.4, -0.2) is 34.3 Å². The smallest absolute Gasteiger partial charge is 0.322 e. The van der Waals surface area contributed by atoms with Crippen molar-refractivity contribution in [2.75, 3.05) is 11.9 Å². The fourth-order valence-electron chi connectivity index (χ4n) is 3.92. The lowest BCUT2D eigenvalue weighted by Crippen LogP contribution is -2.45. The highest BCUT2D eigenvalue weighted by molar-refractivity contribution is 7.10. The number of carbonyl (C=O) groups excluding carboxylic acids is 2. The Hall–Kier alpha value is -3.19. The van der Waals surface area contributed by atoms with Crippen LogP contribution < -0.4 is 5.32 Å². The van der Waals surface area contributed by atoms with Gasteiger partial charge < -0.3 is 15.1 Å². The number of rotatable bonds is 9. The molecule has 0 unspecified atom stereocenters. The zero-order chi connectivity index (χ0) is 24.1. The van der Waals surface area contributed by atoms with Crippen molar-refractivity contribution in [2.45, 2.75) is 52.2 Å². The molecule has 1 aliphatic rings. The first-order valence-electron chi connectivity index (χ1n) is 11.6. The molecule has 2 aromatic carbocycles. The summed E-state index contributed by atoms with van der Waals surface area (Å²) in [5.41, 5.74) is 3.83. The molecule has 0 atom stereocenters. The lowest BCUT2D eigenvalue weighted by molar-refractivity contribution is -0.133. The molecule has 34 heavy (non-hydrogen) atoms. The van der Waals surface area contributed by atoms with E-state index in [4.69, 9.17) is 0 Å². The van der Waals surface area contributed by atoms with Gasteiger partial charge in [0.15, 0.2) is 0 Å². The summed E-state index contributed by atoms with van der Waals surface area (Å²) in [6.45, 7) is 4.90. The quantitative estimate of drug-likeness (QED) is 0.410. The molecule has 1 aromatic heterocycles. The van der Waals surface area contributed by atoms with Crippen LogP contribution in [0.1, 0.15) is 41.3 Å². The summed E-state index contributed by atoms with van der Waals surface area (Å²) in [5, 5.41) is 5.03. The third-order valence-corrected chi connectivity index (χ3v) is 7.14. The number of carbonyl (C=O) groups is 2. The molecule has 5 nitrogen and oxygen atoms in total. The molecule has 0 saturated heterocycles. The maximum atomic E-state index is 13.5. The highest BCUT2D eigenvalue weighted by atomic mass is 32.1. The van der Waals surface area contributed by atoms with Crippen molar-refractivity contribution in [2.24, 2.45) is 0 Å². The third-order valence-electron chi connectivity index (χ3n) is 6.14. The van der Waals surface area contributed by atoms with E-state index in [0.29, 0.717) is 13.1 Å². The Labute approximate surface area is 204 Å². The maximum absolute atomic E-state index is 13.5. The number of benzene rings is 2. The molecule has 1 saturated carbocycles. The number of aryl methyl sites for hydroxylation is 2. The fourth-order valence-corrected chi connectivity index (χ4v) is 4.84. The second kappa shape index (κ2) is 10.8. The van der Waals surface area contributed by atoms with E-state index in [1.807, 2.05) is 49.6 Å². The van der Waals surface area contributed by atoms with Crippen LogP contribution in [0.25, 0.3) is 0 Å². The largest absolute Gasteiger partial charge is 0.332 e. The number of anilines is 1. The van der Waals surface area contributed by atoms with Gasteiger partial charge in [0.05, 0.1) is 6.54 Å². The van der Waals surface area contributed by atoms with Gasteiger partial charge in [-0.3, -0.25) is 4.79 Å². The van der Waals surface area contributed by atoms with Gasteiger partial charge in [0.25, 0.3) is 0 Å². The number of hydrogen-bond donors (Lipinski definition) is 1. The SMILES string of the molecule is CCc1ccccc1NC(=O)N(CC(=O)N(Cc1ccc(F)cc1)Cc1sccc1C)C1CC1. The Kier molecular flexibility index (Phi) is 7.63. The Morgan fingerprint density at radius 1 is 1.06 bits per heavy atom. The maximum Gasteiger partial charge on any atom is 0.322 e. The van der Waals surface area contributed by atoms with E-state index in [9.17, 15) is 14.0 Å². The molecule has 3 amide bonds. The first-order valence-corrected chi connectivity index (χ1v) is 12.5. The summed E-state index contributed by atoms with van der Waals surface area (Å²) < 4.78 is 13.4. The van der Waals surface area contributed by atoms with Crippen molar-refractivity contribution >= 4 is 29.0 Å². The molecule has 0 aliphatic heterocycles. The molecule has 1 heterocycles. The molecule has 3 aromatic rings. The average molecular weight is 480 g/mol. The molecule has 0 radical (unpaired) electrons. The Morgan fingerprint density at radius 2 is 1.79 bits per heavy atom. The standard InChI is InChI=1S/C27H30FN3O2S/c1-3-21-6-4-5-7-24(21)29-27(33)31(23-12-13-23)18-26(32)30(17-25-19(2)14-15-34-25)16-20-8-10-22(28)11-9-20/h4-11,14-15,23H,3,12-13,16-18H2,1-2H3,(H,29,33). The minimum atomic E-state index is -0.306. The van der Waals surface area contributed by atoms with Gasteiger partial charge in [0.2, 0.25) is 5.91 Å². The molecule has 0 bridgehead atoms. The molecule has 7 heteroatoms. The van der Waals surface area contributed by atoms with Crippen molar-refractivity contribution in [1.82, 2.24) is 9.80 Å². The zero-order valence-electron chi connectivity index (χ0n) is 19.6. The number of urea groups is 1. The van der Waals surface area contributed by atoms with Crippen LogP contribution in [0.3, 0.4) is 0 Å². The van der Waals surface area contributed by atoms with E-state index in [1.165, 1.54) is 12.1 Å². The monoisotopic (exact) mass is 479 g/mol. The van der Waals surface area contributed by atoms with Crippen molar-refractivity contribution in [3.8, 4) is 0 Å². The summed E-state index contributed by atoms with van der Waals surface area (Å²) in [5.74, 6) is -0.428. The molecule has 0 spiro atoms.